The molecule has 1 heterocycles. The molecule has 0 atom stereocenters. The maximum Gasteiger partial charge on any atom is 0.243 e. The Morgan fingerprint density at radius 2 is 1.96 bits per heavy atom. The number of carbonyl (C=O) groups is 1. The molecule has 132 valence electrons. The molecule has 1 aromatic rings. The van der Waals surface area contributed by atoms with Crippen LogP contribution in [0.2, 0.25) is 0 Å². The molecule has 1 aliphatic carbocycles. The third kappa shape index (κ3) is 3.09. The Morgan fingerprint density at radius 1 is 1.25 bits per heavy atom. The van der Waals surface area contributed by atoms with E-state index in [0.29, 0.717) is 18.0 Å². The molecule has 0 saturated heterocycles. The Labute approximate surface area is 144 Å². The van der Waals surface area contributed by atoms with Gasteiger partial charge in [-0.25, -0.2) is 8.42 Å². The number of sulfonamides is 1. The molecule has 6 heteroatoms. The van der Waals surface area contributed by atoms with Gasteiger partial charge >= 0.3 is 0 Å². The molecule has 1 amide bonds. The lowest BCUT2D eigenvalue weighted by molar-refractivity contribution is -0.116. The Balaban J connectivity index is 1.95. The quantitative estimate of drug-likeness (QED) is 0.839. The molecule has 5 nitrogen and oxygen atoms in total. The molecule has 0 spiro atoms. The number of fused-ring (bicyclic) bond motifs is 1. The molecule has 0 N–H and O–H groups in total. The van der Waals surface area contributed by atoms with Gasteiger partial charge in [0.15, 0.2) is 0 Å². The van der Waals surface area contributed by atoms with Gasteiger partial charge in [0.1, 0.15) is 0 Å². The number of hydrogen-bond donors (Lipinski definition) is 0. The summed E-state index contributed by atoms with van der Waals surface area (Å²) in [6.45, 7) is 4.67. The highest BCUT2D eigenvalue weighted by Crippen LogP contribution is 2.33. The minimum Gasteiger partial charge on any atom is -0.312 e. The third-order valence-corrected chi connectivity index (χ3v) is 7.22. The molecule has 3 rings (SSSR count). The Kier molecular flexibility index (Phi) is 4.97. The monoisotopic (exact) mass is 350 g/mol. The van der Waals surface area contributed by atoms with Gasteiger partial charge < -0.3 is 4.90 Å². The van der Waals surface area contributed by atoms with Crippen molar-refractivity contribution < 1.29 is 13.2 Å². The standard InChI is InChI=1S/C18H26N2O3S/c1-3-20(16-8-4-5-9-16)24(22,23)17-10-11-18-15(13-17)7-6-12-19(18)14(2)21/h10-11,13,16H,3-9,12H2,1-2H3. The van der Waals surface area contributed by atoms with Crippen LogP contribution in [0.25, 0.3) is 0 Å². The first-order valence-electron chi connectivity index (χ1n) is 8.88. The van der Waals surface area contributed by atoms with Crippen molar-refractivity contribution in [2.45, 2.75) is 63.3 Å². The zero-order valence-corrected chi connectivity index (χ0v) is 15.3. The van der Waals surface area contributed by atoms with E-state index in [0.717, 1.165) is 49.8 Å². The summed E-state index contributed by atoms with van der Waals surface area (Å²) in [5.74, 6) is 0.00713. The van der Waals surface area contributed by atoms with E-state index in [1.165, 1.54) is 0 Å². The van der Waals surface area contributed by atoms with Crippen LogP contribution in [0, 0.1) is 0 Å². The molecule has 1 aromatic carbocycles. The molecule has 1 saturated carbocycles. The first-order chi connectivity index (χ1) is 11.4. The number of amides is 1. The van der Waals surface area contributed by atoms with Gasteiger partial charge in [-0.05, 0) is 49.4 Å². The van der Waals surface area contributed by atoms with Crippen molar-refractivity contribution in [2.24, 2.45) is 0 Å². The van der Waals surface area contributed by atoms with E-state index in [9.17, 15) is 13.2 Å². The second-order valence-electron chi connectivity index (χ2n) is 6.71. The smallest absolute Gasteiger partial charge is 0.243 e. The van der Waals surface area contributed by atoms with Crippen LogP contribution in [0.4, 0.5) is 5.69 Å². The number of benzene rings is 1. The Hall–Kier alpha value is -1.40. The highest BCUT2D eigenvalue weighted by Gasteiger charge is 2.33. The summed E-state index contributed by atoms with van der Waals surface area (Å²) in [5.41, 5.74) is 1.82. The lowest BCUT2D eigenvalue weighted by atomic mass is 10.0. The summed E-state index contributed by atoms with van der Waals surface area (Å²) in [4.78, 5) is 13.9. The third-order valence-electron chi connectivity index (χ3n) is 5.20. The number of rotatable bonds is 4. The summed E-state index contributed by atoms with van der Waals surface area (Å²) < 4.78 is 27.9. The van der Waals surface area contributed by atoms with Crippen molar-refractivity contribution >= 4 is 21.6 Å². The number of hydrogen-bond acceptors (Lipinski definition) is 3. The second-order valence-corrected chi connectivity index (χ2v) is 8.60. The van der Waals surface area contributed by atoms with Crippen LogP contribution >= 0.6 is 0 Å². The van der Waals surface area contributed by atoms with Crippen molar-refractivity contribution in [1.29, 1.82) is 0 Å². The van der Waals surface area contributed by atoms with Crippen LogP contribution in [-0.2, 0) is 21.2 Å². The zero-order chi connectivity index (χ0) is 17.3. The number of anilines is 1. The lowest BCUT2D eigenvalue weighted by Gasteiger charge is -2.30. The van der Waals surface area contributed by atoms with Crippen LogP contribution in [-0.4, -0.2) is 37.8 Å². The van der Waals surface area contributed by atoms with Gasteiger partial charge in [0.05, 0.1) is 4.90 Å². The normalized spacial score (nSPS) is 18.9. The van der Waals surface area contributed by atoms with E-state index < -0.39 is 10.0 Å². The van der Waals surface area contributed by atoms with Gasteiger partial charge in [-0.2, -0.15) is 4.31 Å². The Morgan fingerprint density at radius 3 is 2.58 bits per heavy atom. The summed E-state index contributed by atoms with van der Waals surface area (Å²) in [7, 11) is -3.48. The summed E-state index contributed by atoms with van der Waals surface area (Å²) in [6.07, 6.45) is 5.81. The average molecular weight is 350 g/mol. The molecular weight excluding hydrogens is 324 g/mol. The number of aryl methyl sites for hydroxylation is 1. The minimum absolute atomic E-state index is 0.00713. The van der Waals surface area contributed by atoms with E-state index in [4.69, 9.17) is 0 Å². The van der Waals surface area contributed by atoms with Crippen molar-refractivity contribution in [2.75, 3.05) is 18.0 Å². The molecule has 2 aliphatic rings. The summed E-state index contributed by atoms with van der Waals surface area (Å²) >= 11 is 0. The largest absolute Gasteiger partial charge is 0.312 e. The predicted molar refractivity (Wildman–Crippen MR) is 94.6 cm³/mol. The minimum atomic E-state index is -3.48. The van der Waals surface area contributed by atoms with Crippen molar-refractivity contribution in [3.8, 4) is 0 Å². The molecular formula is C18H26N2O3S. The summed E-state index contributed by atoms with van der Waals surface area (Å²) in [6, 6.07) is 5.36. The molecule has 0 radical (unpaired) electrons. The fourth-order valence-electron chi connectivity index (χ4n) is 4.01. The van der Waals surface area contributed by atoms with Gasteiger partial charge in [-0.3, -0.25) is 4.79 Å². The summed E-state index contributed by atoms with van der Waals surface area (Å²) in [5, 5.41) is 0. The SMILES string of the molecule is CCN(C1CCCC1)S(=O)(=O)c1ccc2c(c1)CCCN2C(C)=O. The van der Waals surface area contributed by atoms with E-state index in [1.807, 2.05) is 6.92 Å². The Bertz CT molecular complexity index is 724. The maximum absolute atomic E-state index is 13.1. The fourth-order valence-corrected chi connectivity index (χ4v) is 5.76. The van der Waals surface area contributed by atoms with Crippen molar-refractivity contribution in [1.82, 2.24) is 4.31 Å². The maximum atomic E-state index is 13.1. The molecule has 0 bridgehead atoms. The van der Waals surface area contributed by atoms with Crippen molar-refractivity contribution in [3.05, 3.63) is 23.8 Å². The van der Waals surface area contributed by atoms with Crippen LogP contribution < -0.4 is 4.90 Å². The highest BCUT2D eigenvalue weighted by molar-refractivity contribution is 7.89. The molecule has 0 aromatic heterocycles. The van der Waals surface area contributed by atoms with Gasteiger partial charge in [-0.15, -0.1) is 0 Å². The first-order valence-corrected chi connectivity index (χ1v) is 10.3. The van der Waals surface area contributed by atoms with Crippen LogP contribution in [0.5, 0.6) is 0 Å². The fraction of sp³-hybridized carbons (Fsp3) is 0.611. The van der Waals surface area contributed by atoms with Gasteiger partial charge in [0.25, 0.3) is 0 Å². The zero-order valence-electron chi connectivity index (χ0n) is 14.5. The van der Waals surface area contributed by atoms with E-state index in [1.54, 1.807) is 34.3 Å². The van der Waals surface area contributed by atoms with E-state index >= 15 is 0 Å². The van der Waals surface area contributed by atoms with Gasteiger partial charge in [0.2, 0.25) is 15.9 Å². The van der Waals surface area contributed by atoms with E-state index in [-0.39, 0.29) is 11.9 Å². The number of nitrogens with zero attached hydrogens (tertiary/aromatic N) is 2. The van der Waals surface area contributed by atoms with Crippen LogP contribution in [0.15, 0.2) is 23.1 Å². The first kappa shape index (κ1) is 17.4. The molecule has 1 aliphatic heterocycles. The van der Waals surface area contributed by atoms with Gasteiger partial charge in [-0.1, -0.05) is 19.8 Å². The second kappa shape index (κ2) is 6.84. The molecule has 24 heavy (non-hydrogen) atoms. The molecule has 1 fully saturated rings. The highest BCUT2D eigenvalue weighted by atomic mass is 32.2. The number of carbonyl (C=O) groups excluding carboxylic acids is 1. The van der Waals surface area contributed by atoms with Crippen LogP contribution in [0.3, 0.4) is 0 Å². The molecule has 0 unspecified atom stereocenters. The average Bonchev–Trinajstić information content (AvgIpc) is 3.08. The van der Waals surface area contributed by atoms with Gasteiger partial charge in [0, 0.05) is 31.7 Å². The van der Waals surface area contributed by atoms with Crippen LogP contribution in [0.1, 0.15) is 51.5 Å². The van der Waals surface area contributed by atoms with Crippen molar-refractivity contribution in [3.63, 3.8) is 0 Å². The predicted octanol–water partition coefficient (Wildman–Crippen LogP) is 2.94. The lowest BCUT2D eigenvalue weighted by Crippen LogP contribution is -2.39. The van der Waals surface area contributed by atoms with E-state index in [2.05, 4.69) is 0 Å². The topological polar surface area (TPSA) is 57.7 Å².